The van der Waals surface area contributed by atoms with Gasteiger partial charge in [-0.3, -0.25) is 0 Å². The molecule has 1 spiro atoms. The van der Waals surface area contributed by atoms with Crippen molar-refractivity contribution in [3.63, 3.8) is 0 Å². The predicted molar refractivity (Wildman–Crippen MR) is 232 cm³/mol. The molecular formula is C49H57Cl2N2ORu-. The average Bonchev–Trinajstić information content (AvgIpc) is 3.66. The molecular weight excluding hydrogens is 805 g/mol. The summed E-state index contributed by atoms with van der Waals surface area (Å²) in [6.07, 6.45) is 3.49. The van der Waals surface area contributed by atoms with Crippen LogP contribution in [-0.4, -0.2) is 22.2 Å². The Morgan fingerprint density at radius 1 is 0.764 bits per heavy atom. The quantitative estimate of drug-likeness (QED) is 0.0972. The van der Waals surface area contributed by atoms with E-state index >= 15 is 0 Å². The van der Waals surface area contributed by atoms with Crippen molar-refractivity contribution in [2.45, 2.75) is 103 Å². The van der Waals surface area contributed by atoms with E-state index in [2.05, 4.69) is 173 Å². The molecule has 1 aliphatic carbocycles. The first-order valence-electron chi connectivity index (χ1n) is 19.6. The molecule has 0 unspecified atom stereocenters. The maximum absolute atomic E-state index is 6.12. The van der Waals surface area contributed by atoms with Crippen LogP contribution in [0.5, 0.6) is 5.75 Å². The fourth-order valence-electron chi connectivity index (χ4n) is 8.61. The van der Waals surface area contributed by atoms with Gasteiger partial charge >= 0.3 is 169 Å². The Labute approximate surface area is 344 Å². The molecule has 5 aromatic carbocycles. The summed E-state index contributed by atoms with van der Waals surface area (Å²) in [4.78, 5) is 5.09. The first kappa shape index (κ1) is 41.4. The molecule has 0 amide bonds. The van der Waals surface area contributed by atoms with Crippen molar-refractivity contribution >= 4 is 29.7 Å². The van der Waals surface area contributed by atoms with Crippen molar-refractivity contribution in [1.29, 1.82) is 0 Å². The molecule has 0 N–H and O–H groups in total. The number of ether oxygens (including phenoxy) is 1. The van der Waals surface area contributed by atoms with E-state index in [9.17, 15) is 0 Å². The minimum atomic E-state index is -1.85. The normalized spacial score (nSPS) is 17.4. The molecule has 7 rings (SSSR count). The summed E-state index contributed by atoms with van der Waals surface area (Å²) < 4.78 is 7.61. The monoisotopic (exact) mass is 861 g/mol. The molecule has 1 heterocycles. The van der Waals surface area contributed by atoms with Crippen LogP contribution >= 0.6 is 19.4 Å². The fourth-order valence-corrected chi connectivity index (χ4v) is 10.5. The number of methoxy groups -OCH3 is 1. The van der Waals surface area contributed by atoms with Gasteiger partial charge in [0.15, 0.2) is 0 Å². The van der Waals surface area contributed by atoms with Gasteiger partial charge in [0.05, 0.1) is 7.11 Å². The summed E-state index contributed by atoms with van der Waals surface area (Å²) >= 11 is -1.85. The first-order valence-corrected chi connectivity index (χ1v) is 25.0. The molecule has 1 atom stereocenters. The van der Waals surface area contributed by atoms with Crippen molar-refractivity contribution in [3.8, 4) is 5.75 Å². The van der Waals surface area contributed by atoms with E-state index in [4.69, 9.17) is 24.1 Å². The third kappa shape index (κ3) is 10.0. The van der Waals surface area contributed by atoms with Crippen LogP contribution < -0.4 is 9.64 Å². The van der Waals surface area contributed by atoms with Gasteiger partial charge in [-0.1, -0.05) is 63.9 Å². The Hall–Kier alpha value is -3.27. The van der Waals surface area contributed by atoms with E-state index in [0.717, 1.165) is 43.8 Å². The van der Waals surface area contributed by atoms with Gasteiger partial charge in [0, 0.05) is 11.2 Å². The predicted octanol–water partition coefficient (Wildman–Crippen LogP) is 12.9. The minimum absolute atomic E-state index is 0.0688. The van der Waals surface area contributed by atoms with Crippen LogP contribution in [0.2, 0.25) is 0 Å². The van der Waals surface area contributed by atoms with Gasteiger partial charge < -0.3 is 9.64 Å². The Morgan fingerprint density at radius 3 is 1.91 bits per heavy atom. The van der Waals surface area contributed by atoms with Crippen LogP contribution in [0.15, 0.2) is 121 Å². The molecule has 5 aromatic rings. The van der Waals surface area contributed by atoms with Gasteiger partial charge in [-0.05, 0) is 67.3 Å². The Morgan fingerprint density at radius 2 is 1.35 bits per heavy atom. The Balaban J connectivity index is 0.000000188. The molecule has 1 fully saturated rings. The van der Waals surface area contributed by atoms with E-state index < -0.39 is 13.5 Å². The zero-order chi connectivity index (χ0) is 39.2. The fraction of sp³-hybridized carbons (Fsp3) is 0.347. The van der Waals surface area contributed by atoms with Crippen molar-refractivity contribution in [3.05, 3.63) is 172 Å². The topological polar surface area (TPSA) is 15.7 Å². The van der Waals surface area contributed by atoms with E-state index in [1.807, 2.05) is 10.7 Å². The van der Waals surface area contributed by atoms with Crippen LogP contribution in [-0.2, 0) is 45.0 Å². The van der Waals surface area contributed by atoms with Gasteiger partial charge in [-0.15, -0.1) is 5.41 Å². The summed E-state index contributed by atoms with van der Waals surface area (Å²) in [7, 11) is 14.0. The molecule has 3 nitrogen and oxygen atoms in total. The number of benzene rings is 5. The van der Waals surface area contributed by atoms with Crippen LogP contribution in [0, 0.1) is 6.54 Å². The average molecular weight is 862 g/mol. The summed E-state index contributed by atoms with van der Waals surface area (Å²) in [6, 6.07) is 43.1. The van der Waals surface area contributed by atoms with Gasteiger partial charge in [0.1, 0.15) is 5.75 Å². The zero-order valence-electron chi connectivity index (χ0n) is 33.5. The van der Waals surface area contributed by atoms with Crippen LogP contribution in [0.3, 0.4) is 0 Å². The Kier molecular flexibility index (Phi) is 13.8. The van der Waals surface area contributed by atoms with Crippen molar-refractivity contribution in [2.24, 2.45) is 0 Å². The third-order valence-corrected chi connectivity index (χ3v) is 13.0. The number of hydrogen-bond acceptors (Lipinski definition) is 3. The molecule has 55 heavy (non-hydrogen) atoms. The standard InChI is InChI=1S/C27H36NO.C22H21N.2ClH.Ru/c1-18(2)22-9-8-10-23(19(3)4)25(22)28-17-27(16-26(28,5)6)14-13-20-11-12-21(29-7)15-24(20)27;1-19-10-8-9-15-22(19)18-23(16-20-11-4-2-5-12-20)17-21-13-6-3-7-14-21;;;/h8-12,15,17-19H,13-14,16H2,1-7H3;1-15H,16-18H2;2*1H;/q-1;;;;+2/p-2/t27-;;;;/m0..../s1. The molecule has 0 aromatic heterocycles. The second kappa shape index (κ2) is 18.3. The summed E-state index contributed by atoms with van der Waals surface area (Å²) in [5.41, 5.74) is 12.5. The van der Waals surface area contributed by atoms with Crippen LogP contribution in [0.1, 0.15) is 111 Å². The molecule has 1 aliphatic heterocycles. The van der Waals surface area contributed by atoms with E-state index in [-0.39, 0.29) is 11.0 Å². The molecule has 6 heteroatoms. The number of halogens is 2. The number of nitrogens with zero attached hydrogens (tertiary/aromatic N) is 2. The number of rotatable bonds is 11. The van der Waals surface area contributed by atoms with Crippen molar-refractivity contribution in [2.75, 3.05) is 12.0 Å². The Bertz CT molecular complexity index is 1990. The van der Waals surface area contributed by atoms with Gasteiger partial charge in [0.25, 0.3) is 0 Å². The second-order valence-electron chi connectivity index (χ2n) is 16.4. The number of para-hydroxylation sites is 1. The van der Waals surface area contributed by atoms with Crippen LogP contribution in [0.4, 0.5) is 5.69 Å². The first-order chi connectivity index (χ1) is 26.4. The number of anilines is 1. The van der Waals surface area contributed by atoms with Crippen LogP contribution in [0.25, 0.3) is 0 Å². The van der Waals surface area contributed by atoms with Gasteiger partial charge in [-0.2, -0.15) is 0 Å². The van der Waals surface area contributed by atoms with E-state index in [0.29, 0.717) is 11.8 Å². The zero-order valence-corrected chi connectivity index (χ0v) is 36.8. The van der Waals surface area contributed by atoms with Gasteiger partial charge in [0.2, 0.25) is 0 Å². The second-order valence-corrected chi connectivity index (χ2v) is 22.1. The van der Waals surface area contributed by atoms with Gasteiger partial charge in [-0.25, -0.2) is 6.54 Å². The van der Waals surface area contributed by atoms with E-state index in [1.165, 1.54) is 51.1 Å². The summed E-state index contributed by atoms with van der Waals surface area (Å²) in [5.74, 6) is 1.97. The number of hydrogen-bond donors (Lipinski definition) is 0. The summed E-state index contributed by atoms with van der Waals surface area (Å²) in [6.45, 7) is 19.3. The molecule has 0 radical (unpaired) electrons. The molecule has 0 saturated carbocycles. The van der Waals surface area contributed by atoms with E-state index in [1.54, 1.807) is 7.11 Å². The molecule has 2 aliphatic rings. The third-order valence-electron chi connectivity index (χ3n) is 11.2. The number of fused-ring (bicyclic) bond motifs is 2. The molecule has 292 valence electrons. The SMILES string of the molecule is COc1ccc2c(c1)[C@@]1([CH-]N(c3c(C(C)C)cccc3C(C)C)C(C)(C)C1)CC2.[Cl][Ru]([Cl])=[CH]c1ccccc1CN(Cc1ccccc1)Cc1ccccc1. The van der Waals surface area contributed by atoms with Crippen molar-refractivity contribution in [1.82, 2.24) is 4.90 Å². The molecule has 0 bridgehead atoms. The van der Waals surface area contributed by atoms with Crippen molar-refractivity contribution < 1.29 is 18.3 Å². The summed E-state index contributed by atoms with van der Waals surface area (Å²) in [5, 5.41) is 0. The maximum atomic E-state index is 6.12. The molecule has 1 saturated heterocycles. The number of aryl methyl sites for hydroxylation is 1.